The molecule has 2 rings (SSSR count). The lowest BCUT2D eigenvalue weighted by Crippen LogP contribution is -2.02. The molecular weight excluding hydrogens is 308 g/mol. The average Bonchev–Trinajstić information content (AvgIpc) is 2.37. The lowest BCUT2D eigenvalue weighted by Gasteiger charge is -2.08. The maximum Gasteiger partial charge on any atom is 0.336 e. The van der Waals surface area contributed by atoms with Crippen LogP contribution in [0.3, 0.4) is 0 Å². The number of carboxylic acid groups (broad SMARTS) is 1. The summed E-state index contributed by atoms with van der Waals surface area (Å²) in [7, 11) is 0. The number of halogens is 1. The quantitative estimate of drug-likeness (QED) is 0.905. The molecule has 1 aromatic carbocycles. The minimum absolute atomic E-state index is 0.252. The van der Waals surface area contributed by atoms with Gasteiger partial charge >= 0.3 is 5.97 Å². The molecule has 0 aliphatic carbocycles. The smallest absolute Gasteiger partial charge is 0.336 e. The van der Waals surface area contributed by atoms with E-state index in [2.05, 4.69) is 26.2 Å². The Labute approximate surface area is 119 Å². The maximum atomic E-state index is 10.9. The van der Waals surface area contributed by atoms with Crippen molar-refractivity contribution in [3.8, 4) is 0 Å². The number of carbonyl (C=O) groups is 1. The van der Waals surface area contributed by atoms with Crippen molar-refractivity contribution in [1.82, 2.24) is 4.98 Å². The number of nitrogens with zero attached hydrogens (tertiary/aromatic N) is 1. The molecule has 2 N–H and O–H groups in total. The molecule has 98 valence electrons. The van der Waals surface area contributed by atoms with Gasteiger partial charge in [-0.25, -0.2) is 4.79 Å². The van der Waals surface area contributed by atoms with E-state index in [0.717, 1.165) is 16.9 Å². The van der Waals surface area contributed by atoms with Crippen molar-refractivity contribution in [1.29, 1.82) is 0 Å². The third-order valence-corrected chi connectivity index (χ3v) is 3.32. The fourth-order valence-electron chi connectivity index (χ4n) is 1.61. The molecule has 19 heavy (non-hydrogen) atoms. The lowest BCUT2D eigenvalue weighted by atomic mass is 10.2. The van der Waals surface area contributed by atoms with Gasteiger partial charge in [0.05, 0.1) is 5.56 Å². The molecule has 1 heterocycles. The zero-order valence-electron chi connectivity index (χ0n) is 10.4. The number of rotatable bonds is 4. The van der Waals surface area contributed by atoms with Gasteiger partial charge in [-0.1, -0.05) is 6.07 Å². The van der Waals surface area contributed by atoms with E-state index in [4.69, 9.17) is 5.11 Å². The first-order valence-corrected chi connectivity index (χ1v) is 6.54. The molecule has 4 nitrogen and oxygen atoms in total. The Kier molecular flexibility index (Phi) is 4.16. The summed E-state index contributed by atoms with van der Waals surface area (Å²) >= 11 is 3.25. The second kappa shape index (κ2) is 5.84. The van der Waals surface area contributed by atoms with Crippen LogP contribution < -0.4 is 5.32 Å². The number of aromatic nitrogens is 1. The molecule has 0 radical (unpaired) electrons. The fraction of sp³-hybridized carbons (Fsp3) is 0.143. The number of nitrogens with one attached hydrogen (secondary N) is 1. The van der Waals surface area contributed by atoms with Gasteiger partial charge in [-0.05, 0) is 52.7 Å². The first kappa shape index (κ1) is 13.5. The maximum absolute atomic E-state index is 10.9. The predicted molar refractivity (Wildman–Crippen MR) is 77.4 cm³/mol. The van der Waals surface area contributed by atoms with Crippen LogP contribution in [0.1, 0.15) is 21.6 Å². The molecule has 0 amide bonds. The highest BCUT2D eigenvalue weighted by atomic mass is 79.9. The van der Waals surface area contributed by atoms with E-state index in [9.17, 15) is 4.79 Å². The number of benzene rings is 1. The Morgan fingerprint density at radius 3 is 2.74 bits per heavy atom. The normalized spacial score (nSPS) is 10.2. The number of anilines is 1. The predicted octanol–water partition coefficient (Wildman–Crippen LogP) is 3.46. The number of hydrogen-bond donors (Lipinski definition) is 2. The van der Waals surface area contributed by atoms with Crippen molar-refractivity contribution in [2.45, 2.75) is 13.5 Å². The molecule has 1 aromatic heterocycles. The molecule has 5 heteroatoms. The van der Waals surface area contributed by atoms with Gasteiger partial charge < -0.3 is 10.4 Å². The van der Waals surface area contributed by atoms with Crippen molar-refractivity contribution in [3.05, 3.63) is 57.8 Å². The highest BCUT2D eigenvalue weighted by molar-refractivity contribution is 9.10. The molecular formula is C14H13BrN2O2. The highest BCUT2D eigenvalue weighted by Crippen LogP contribution is 2.22. The molecule has 0 aliphatic rings. The molecule has 0 saturated heterocycles. The average molecular weight is 321 g/mol. The van der Waals surface area contributed by atoms with Crippen LogP contribution in [-0.2, 0) is 6.54 Å². The zero-order valence-corrected chi connectivity index (χ0v) is 11.9. The molecule has 0 atom stereocenters. The first-order chi connectivity index (χ1) is 9.06. The van der Waals surface area contributed by atoms with E-state index >= 15 is 0 Å². The van der Waals surface area contributed by atoms with Crippen LogP contribution in [0, 0.1) is 6.92 Å². The summed E-state index contributed by atoms with van der Waals surface area (Å²) in [5.41, 5.74) is 3.17. The van der Waals surface area contributed by atoms with Crippen LogP contribution in [0.5, 0.6) is 0 Å². The number of hydrogen-bond acceptors (Lipinski definition) is 3. The largest absolute Gasteiger partial charge is 0.478 e. The van der Waals surface area contributed by atoms with Crippen LogP contribution in [0.15, 0.2) is 41.0 Å². The van der Waals surface area contributed by atoms with Gasteiger partial charge in [-0.3, -0.25) is 4.98 Å². The monoisotopic (exact) mass is 320 g/mol. The molecule has 0 unspecified atom stereocenters. The van der Waals surface area contributed by atoms with E-state index in [-0.39, 0.29) is 5.56 Å². The lowest BCUT2D eigenvalue weighted by molar-refractivity contribution is 0.0696. The third kappa shape index (κ3) is 3.54. The van der Waals surface area contributed by atoms with Crippen LogP contribution in [0.2, 0.25) is 0 Å². The molecule has 0 saturated carbocycles. The van der Waals surface area contributed by atoms with Gasteiger partial charge in [0.25, 0.3) is 0 Å². The minimum atomic E-state index is -0.943. The molecule has 0 aliphatic heterocycles. The Bertz CT molecular complexity index is 597. The Morgan fingerprint density at radius 2 is 2.16 bits per heavy atom. The van der Waals surface area contributed by atoms with E-state index in [1.54, 1.807) is 18.2 Å². The van der Waals surface area contributed by atoms with Crippen LogP contribution >= 0.6 is 15.9 Å². The van der Waals surface area contributed by atoms with Crippen molar-refractivity contribution < 1.29 is 9.90 Å². The molecule has 2 aromatic rings. The topological polar surface area (TPSA) is 62.2 Å². The summed E-state index contributed by atoms with van der Waals surface area (Å²) < 4.78 is 0.562. The number of aromatic carboxylic acids is 1. The fourth-order valence-corrected chi connectivity index (χ4v) is 2.15. The number of pyridine rings is 1. The first-order valence-electron chi connectivity index (χ1n) is 5.74. The van der Waals surface area contributed by atoms with Gasteiger partial charge in [-0.2, -0.15) is 0 Å². The number of aryl methyl sites for hydroxylation is 1. The Balaban J connectivity index is 2.06. The zero-order chi connectivity index (χ0) is 13.8. The number of carboxylic acids is 1. The van der Waals surface area contributed by atoms with Crippen molar-refractivity contribution in [3.63, 3.8) is 0 Å². The molecule has 0 fully saturated rings. The molecule has 0 bridgehead atoms. The summed E-state index contributed by atoms with van der Waals surface area (Å²) in [6, 6.07) is 9.04. The van der Waals surface area contributed by atoms with Crippen molar-refractivity contribution in [2.24, 2.45) is 0 Å². The SMILES string of the molecule is Cc1ccc(CNc2ccc(C(=O)O)c(Br)c2)cn1. The molecule has 0 spiro atoms. The summed E-state index contributed by atoms with van der Waals surface area (Å²) in [5, 5.41) is 12.2. The second-order valence-corrected chi connectivity index (χ2v) is 5.02. The van der Waals surface area contributed by atoms with Gasteiger partial charge in [0.15, 0.2) is 0 Å². The Morgan fingerprint density at radius 1 is 1.37 bits per heavy atom. The van der Waals surface area contributed by atoms with E-state index in [1.165, 1.54) is 0 Å². The standard InChI is InChI=1S/C14H13BrN2O2/c1-9-2-3-10(7-16-9)8-17-11-4-5-12(14(18)19)13(15)6-11/h2-7,17H,8H2,1H3,(H,18,19). The van der Waals surface area contributed by atoms with Gasteiger partial charge in [0.2, 0.25) is 0 Å². The summed E-state index contributed by atoms with van der Waals surface area (Å²) in [4.78, 5) is 15.1. The van der Waals surface area contributed by atoms with Gasteiger partial charge in [0.1, 0.15) is 0 Å². The second-order valence-electron chi connectivity index (χ2n) is 4.16. The van der Waals surface area contributed by atoms with E-state index in [0.29, 0.717) is 11.0 Å². The van der Waals surface area contributed by atoms with E-state index < -0.39 is 5.97 Å². The summed E-state index contributed by atoms with van der Waals surface area (Å²) in [6.07, 6.45) is 1.82. The Hall–Kier alpha value is -1.88. The van der Waals surface area contributed by atoms with Crippen LogP contribution in [0.25, 0.3) is 0 Å². The van der Waals surface area contributed by atoms with Crippen LogP contribution in [0.4, 0.5) is 5.69 Å². The van der Waals surface area contributed by atoms with Crippen LogP contribution in [-0.4, -0.2) is 16.1 Å². The van der Waals surface area contributed by atoms with Crippen molar-refractivity contribution in [2.75, 3.05) is 5.32 Å². The van der Waals surface area contributed by atoms with Gasteiger partial charge in [0, 0.05) is 28.6 Å². The van der Waals surface area contributed by atoms with E-state index in [1.807, 2.05) is 25.3 Å². The minimum Gasteiger partial charge on any atom is -0.478 e. The third-order valence-electron chi connectivity index (χ3n) is 2.67. The summed E-state index contributed by atoms with van der Waals surface area (Å²) in [6.45, 7) is 2.59. The van der Waals surface area contributed by atoms with Gasteiger partial charge in [-0.15, -0.1) is 0 Å². The summed E-state index contributed by atoms with van der Waals surface area (Å²) in [5.74, 6) is -0.943. The van der Waals surface area contributed by atoms with Crippen molar-refractivity contribution >= 4 is 27.6 Å². The highest BCUT2D eigenvalue weighted by Gasteiger charge is 2.08.